The van der Waals surface area contributed by atoms with Gasteiger partial charge >= 0.3 is 0 Å². The quantitative estimate of drug-likeness (QED) is 0.718. The molecule has 0 saturated heterocycles. The second kappa shape index (κ2) is 7.34. The maximum atomic E-state index is 14.3. The molecule has 1 N–H and O–H groups in total. The molecule has 1 aromatic heterocycles. The highest BCUT2D eigenvalue weighted by Crippen LogP contribution is 2.37. The molecule has 4 heteroatoms. The summed E-state index contributed by atoms with van der Waals surface area (Å²) in [6, 6.07) is 13.1. The molecule has 3 aromatic rings. The van der Waals surface area contributed by atoms with E-state index in [9.17, 15) is 4.39 Å². The standard InChI is InChI=1S/C22H23FN2O/c1-2-25-14-19(17-8-10-24-11-9-17)22-20(25)12-18(23)13-21(22)26-15-16-6-4-3-5-7-16/h3-8,12-14,24H,2,9-11,15H2,1H3. The first-order chi connectivity index (χ1) is 12.8. The summed E-state index contributed by atoms with van der Waals surface area (Å²) < 4.78 is 22.5. The SMILES string of the molecule is CCn1cc(C2=CCNCC2)c2c(OCc3ccccc3)cc(F)cc21. The first-order valence-corrected chi connectivity index (χ1v) is 9.15. The number of benzene rings is 2. The van der Waals surface area contributed by atoms with Crippen molar-refractivity contribution >= 4 is 16.5 Å². The highest BCUT2D eigenvalue weighted by Gasteiger charge is 2.18. The molecule has 1 aliphatic heterocycles. The minimum absolute atomic E-state index is 0.265. The third kappa shape index (κ3) is 3.25. The first kappa shape index (κ1) is 16.9. The topological polar surface area (TPSA) is 26.2 Å². The van der Waals surface area contributed by atoms with E-state index in [1.54, 1.807) is 6.07 Å². The fourth-order valence-electron chi connectivity index (χ4n) is 3.58. The Hall–Kier alpha value is -2.59. The van der Waals surface area contributed by atoms with Crippen LogP contribution in [0.2, 0.25) is 0 Å². The summed E-state index contributed by atoms with van der Waals surface area (Å²) in [5.74, 6) is 0.352. The number of halogens is 1. The molecule has 0 radical (unpaired) electrons. The van der Waals surface area contributed by atoms with Crippen LogP contribution in [0.25, 0.3) is 16.5 Å². The molecule has 0 aliphatic carbocycles. The second-order valence-corrected chi connectivity index (χ2v) is 6.58. The van der Waals surface area contributed by atoms with Gasteiger partial charge in [-0.25, -0.2) is 4.39 Å². The van der Waals surface area contributed by atoms with Crippen LogP contribution in [0.15, 0.2) is 54.7 Å². The molecule has 0 atom stereocenters. The van der Waals surface area contributed by atoms with Gasteiger partial charge in [0.25, 0.3) is 0 Å². The normalized spacial score (nSPS) is 14.5. The molecule has 1 aliphatic rings. The summed E-state index contributed by atoms with van der Waals surface area (Å²) in [6.07, 6.45) is 5.33. The Kier molecular flexibility index (Phi) is 4.76. The van der Waals surface area contributed by atoms with Crippen molar-refractivity contribution in [2.24, 2.45) is 0 Å². The predicted octanol–water partition coefficient (Wildman–Crippen LogP) is 4.76. The van der Waals surface area contributed by atoms with Gasteiger partial charge in [0.1, 0.15) is 18.2 Å². The number of nitrogens with zero attached hydrogens (tertiary/aromatic N) is 1. The zero-order valence-electron chi connectivity index (χ0n) is 15.0. The molecule has 3 nitrogen and oxygen atoms in total. The van der Waals surface area contributed by atoms with Crippen LogP contribution < -0.4 is 10.1 Å². The number of aryl methyl sites for hydroxylation is 1. The minimum Gasteiger partial charge on any atom is -0.488 e. The monoisotopic (exact) mass is 350 g/mol. The van der Waals surface area contributed by atoms with Gasteiger partial charge in [0, 0.05) is 36.3 Å². The number of hydrogen-bond acceptors (Lipinski definition) is 2. The van der Waals surface area contributed by atoms with E-state index in [2.05, 4.69) is 29.1 Å². The second-order valence-electron chi connectivity index (χ2n) is 6.58. The lowest BCUT2D eigenvalue weighted by Gasteiger charge is -2.15. The van der Waals surface area contributed by atoms with Crippen LogP contribution in [0.4, 0.5) is 4.39 Å². The van der Waals surface area contributed by atoms with Gasteiger partial charge in [-0.1, -0.05) is 36.4 Å². The summed E-state index contributed by atoms with van der Waals surface area (Å²) in [4.78, 5) is 0. The summed E-state index contributed by atoms with van der Waals surface area (Å²) in [5, 5.41) is 4.36. The average Bonchev–Trinajstić information content (AvgIpc) is 3.06. The third-order valence-electron chi connectivity index (χ3n) is 4.90. The smallest absolute Gasteiger partial charge is 0.132 e. The molecular weight excluding hydrogens is 327 g/mol. The van der Waals surface area contributed by atoms with E-state index < -0.39 is 0 Å². The minimum atomic E-state index is -0.265. The van der Waals surface area contributed by atoms with Crippen LogP contribution in [-0.2, 0) is 13.2 Å². The van der Waals surface area contributed by atoms with Crippen LogP contribution in [0.1, 0.15) is 24.5 Å². The lowest BCUT2D eigenvalue weighted by molar-refractivity contribution is 0.308. The van der Waals surface area contributed by atoms with E-state index >= 15 is 0 Å². The molecular formula is C22H23FN2O. The van der Waals surface area contributed by atoms with Crippen molar-refractivity contribution in [2.75, 3.05) is 13.1 Å². The van der Waals surface area contributed by atoms with E-state index in [0.29, 0.717) is 12.4 Å². The summed E-state index contributed by atoms with van der Waals surface area (Å²) in [5.41, 5.74) is 4.43. The summed E-state index contributed by atoms with van der Waals surface area (Å²) >= 11 is 0. The lowest BCUT2D eigenvalue weighted by atomic mass is 9.99. The van der Waals surface area contributed by atoms with Gasteiger partial charge in [-0.3, -0.25) is 0 Å². The first-order valence-electron chi connectivity index (χ1n) is 9.15. The molecule has 4 rings (SSSR count). The van der Waals surface area contributed by atoms with E-state index in [1.807, 2.05) is 30.3 Å². The van der Waals surface area contributed by atoms with Gasteiger partial charge in [0.2, 0.25) is 0 Å². The van der Waals surface area contributed by atoms with E-state index in [0.717, 1.165) is 48.1 Å². The third-order valence-corrected chi connectivity index (χ3v) is 4.90. The van der Waals surface area contributed by atoms with Crippen LogP contribution in [0, 0.1) is 5.82 Å². The molecule has 2 aromatic carbocycles. The molecule has 0 unspecified atom stereocenters. The zero-order chi connectivity index (χ0) is 17.9. The average molecular weight is 350 g/mol. The molecule has 26 heavy (non-hydrogen) atoms. The Labute approximate surface area is 153 Å². The number of fused-ring (bicyclic) bond motifs is 1. The molecule has 0 amide bonds. The maximum absolute atomic E-state index is 14.3. The van der Waals surface area contributed by atoms with Crippen molar-refractivity contribution in [3.05, 3.63) is 71.7 Å². The maximum Gasteiger partial charge on any atom is 0.132 e. The van der Waals surface area contributed by atoms with Crippen molar-refractivity contribution in [1.82, 2.24) is 9.88 Å². The van der Waals surface area contributed by atoms with E-state index in [1.165, 1.54) is 11.6 Å². The fraction of sp³-hybridized carbons (Fsp3) is 0.273. The zero-order valence-corrected chi connectivity index (χ0v) is 15.0. The van der Waals surface area contributed by atoms with Gasteiger partial charge < -0.3 is 14.6 Å². The molecule has 134 valence electrons. The Morgan fingerprint density at radius 2 is 2.04 bits per heavy atom. The largest absolute Gasteiger partial charge is 0.488 e. The van der Waals surface area contributed by atoms with Crippen molar-refractivity contribution in [2.45, 2.75) is 26.5 Å². The van der Waals surface area contributed by atoms with E-state index in [4.69, 9.17) is 4.74 Å². The van der Waals surface area contributed by atoms with E-state index in [-0.39, 0.29) is 5.82 Å². The van der Waals surface area contributed by atoms with Crippen molar-refractivity contribution in [1.29, 1.82) is 0 Å². The molecule has 0 saturated carbocycles. The number of aromatic nitrogens is 1. The Morgan fingerprint density at radius 1 is 1.19 bits per heavy atom. The Balaban J connectivity index is 1.80. The Bertz CT molecular complexity index is 944. The molecule has 0 fully saturated rings. The predicted molar refractivity (Wildman–Crippen MR) is 104 cm³/mol. The van der Waals surface area contributed by atoms with Gasteiger partial charge in [0.15, 0.2) is 0 Å². The number of ether oxygens (including phenoxy) is 1. The van der Waals surface area contributed by atoms with Crippen molar-refractivity contribution in [3.63, 3.8) is 0 Å². The van der Waals surface area contributed by atoms with Crippen molar-refractivity contribution < 1.29 is 9.13 Å². The summed E-state index contributed by atoms with van der Waals surface area (Å²) in [6.45, 7) is 5.14. The highest BCUT2D eigenvalue weighted by molar-refractivity contribution is 5.97. The van der Waals surface area contributed by atoms with Crippen LogP contribution >= 0.6 is 0 Å². The number of nitrogens with one attached hydrogen (secondary N) is 1. The number of rotatable bonds is 5. The van der Waals surface area contributed by atoms with Crippen LogP contribution in [-0.4, -0.2) is 17.7 Å². The van der Waals surface area contributed by atoms with Gasteiger partial charge in [-0.15, -0.1) is 0 Å². The summed E-state index contributed by atoms with van der Waals surface area (Å²) in [7, 11) is 0. The molecule has 0 spiro atoms. The molecule has 2 heterocycles. The lowest BCUT2D eigenvalue weighted by Crippen LogP contribution is -2.19. The highest BCUT2D eigenvalue weighted by atomic mass is 19.1. The number of hydrogen-bond donors (Lipinski definition) is 1. The van der Waals surface area contributed by atoms with Gasteiger partial charge in [-0.2, -0.15) is 0 Å². The van der Waals surface area contributed by atoms with Crippen molar-refractivity contribution in [3.8, 4) is 5.75 Å². The fourth-order valence-corrected chi connectivity index (χ4v) is 3.58. The van der Waals surface area contributed by atoms with Gasteiger partial charge in [-0.05, 0) is 37.1 Å². The Morgan fingerprint density at radius 3 is 2.77 bits per heavy atom. The van der Waals surface area contributed by atoms with Crippen LogP contribution in [0.5, 0.6) is 5.75 Å². The van der Waals surface area contributed by atoms with Crippen LogP contribution in [0.3, 0.4) is 0 Å². The van der Waals surface area contributed by atoms with Gasteiger partial charge in [0.05, 0.1) is 5.52 Å². The molecule has 0 bridgehead atoms.